The number of hydrogen-bond donors (Lipinski definition) is 0. The van der Waals surface area contributed by atoms with Gasteiger partial charge in [-0.25, -0.2) is 0 Å². The molecule has 9 heteroatoms. The molecule has 0 aromatic heterocycles. The third-order valence-corrected chi connectivity index (χ3v) is 8.41. The number of ether oxygens (including phenoxy) is 3. The van der Waals surface area contributed by atoms with Crippen molar-refractivity contribution in [2.24, 2.45) is 0 Å². The molecule has 1 fully saturated rings. The van der Waals surface area contributed by atoms with Crippen molar-refractivity contribution < 1.29 is 26.8 Å². The highest BCUT2D eigenvalue weighted by molar-refractivity contribution is 7.87. The molecule has 1 unspecified atom stereocenters. The van der Waals surface area contributed by atoms with Gasteiger partial charge < -0.3 is 23.3 Å². The number of para-hydroxylation sites is 3. The second kappa shape index (κ2) is 11.1. The van der Waals surface area contributed by atoms with Crippen LogP contribution in [-0.4, -0.2) is 65.9 Å². The predicted octanol–water partition coefficient (Wildman–Crippen LogP) is 4.51. The Morgan fingerprint density at radius 1 is 0.974 bits per heavy atom. The summed E-state index contributed by atoms with van der Waals surface area (Å²) in [6.07, 6.45) is 1.77. The van der Waals surface area contributed by atoms with E-state index in [1.54, 1.807) is 37.4 Å². The molecule has 38 heavy (non-hydrogen) atoms. The van der Waals surface area contributed by atoms with Gasteiger partial charge >= 0.3 is 10.1 Å². The minimum absolute atomic E-state index is 0.0909. The van der Waals surface area contributed by atoms with E-state index in [9.17, 15) is 8.42 Å². The lowest BCUT2D eigenvalue weighted by molar-refractivity contribution is 0.0492. The van der Waals surface area contributed by atoms with E-state index < -0.39 is 10.1 Å². The summed E-state index contributed by atoms with van der Waals surface area (Å²) in [5, 5.41) is 0. The summed E-state index contributed by atoms with van der Waals surface area (Å²) in [4.78, 5) is 4.77. The predicted molar refractivity (Wildman–Crippen MR) is 146 cm³/mol. The van der Waals surface area contributed by atoms with Crippen LogP contribution in [0.3, 0.4) is 0 Å². The topological polar surface area (TPSA) is 77.5 Å². The molecule has 3 aromatic carbocycles. The normalized spacial score (nSPS) is 17.9. The zero-order valence-electron chi connectivity index (χ0n) is 22.0. The minimum atomic E-state index is -4.01. The summed E-state index contributed by atoms with van der Waals surface area (Å²) < 4.78 is 49.1. The zero-order chi connectivity index (χ0) is 26.7. The molecule has 0 radical (unpaired) electrons. The van der Waals surface area contributed by atoms with Crippen molar-refractivity contribution in [3.8, 4) is 23.0 Å². The van der Waals surface area contributed by atoms with E-state index in [1.807, 2.05) is 25.1 Å². The lowest BCUT2D eigenvalue weighted by atomic mass is 10.0. The number of methoxy groups -OCH3 is 1. The van der Waals surface area contributed by atoms with E-state index in [0.29, 0.717) is 30.7 Å². The summed E-state index contributed by atoms with van der Waals surface area (Å²) in [7, 11) is -0.204. The number of likely N-dealkylation sites (N-methyl/N-ethyl adjacent to an activating group) is 1. The van der Waals surface area contributed by atoms with E-state index in [-0.39, 0.29) is 16.7 Å². The molecule has 1 saturated heterocycles. The van der Waals surface area contributed by atoms with Crippen LogP contribution in [0.2, 0.25) is 0 Å². The second-order valence-electron chi connectivity index (χ2n) is 9.81. The summed E-state index contributed by atoms with van der Waals surface area (Å²) in [6.45, 7) is 4.81. The van der Waals surface area contributed by atoms with Gasteiger partial charge in [0.1, 0.15) is 23.4 Å². The van der Waals surface area contributed by atoms with Crippen LogP contribution in [-0.2, 0) is 10.1 Å². The van der Waals surface area contributed by atoms with Gasteiger partial charge in [-0.3, -0.25) is 4.90 Å². The number of aryl methyl sites for hydroxylation is 1. The molecular formula is C29H34N2O6S. The first-order chi connectivity index (χ1) is 18.3. The molecule has 2 heterocycles. The Morgan fingerprint density at radius 3 is 2.42 bits per heavy atom. The Morgan fingerprint density at radius 2 is 1.68 bits per heavy atom. The molecule has 5 rings (SSSR count). The smallest absolute Gasteiger partial charge is 0.339 e. The Labute approximate surface area is 224 Å². The van der Waals surface area contributed by atoms with Crippen LogP contribution in [0.4, 0.5) is 5.69 Å². The highest BCUT2D eigenvalue weighted by Gasteiger charge is 2.31. The fourth-order valence-electron chi connectivity index (χ4n) is 5.04. The summed E-state index contributed by atoms with van der Waals surface area (Å²) in [6, 6.07) is 20.1. The highest BCUT2D eigenvalue weighted by Crippen LogP contribution is 2.41. The number of piperidine rings is 1. The SMILES string of the molecule is COc1ccccc1N1CCC(N(C)CC2COc3cccc(OS(=O)(=O)c4ccc(C)cc4)c3O2)CC1. The maximum atomic E-state index is 12.9. The van der Waals surface area contributed by atoms with Crippen LogP contribution in [0, 0.1) is 6.92 Å². The Hall–Kier alpha value is -3.43. The van der Waals surface area contributed by atoms with Crippen molar-refractivity contribution in [3.05, 3.63) is 72.3 Å². The maximum absolute atomic E-state index is 12.9. The van der Waals surface area contributed by atoms with E-state index in [0.717, 1.165) is 42.9 Å². The average molecular weight is 539 g/mol. The first-order valence-corrected chi connectivity index (χ1v) is 14.3. The van der Waals surface area contributed by atoms with Crippen molar-refractivity contribution in [3.63, 3.8) is 0 Å². The van der Waals surface area contributed by atoms with Gasteiger partial charge in [0.15, 0.2) is 11.5 Å². The first kappa shape index (κ1) is 26.2. The van der Waals surface area contributed by atoms with Crippen molar-refractivity contribution in [1.29, 1.82) is 0 Å². The van der Waals surface area contributed by atoms with E-state index >= 15 is 0 Å². The lowest BCUT2D eigenvalue weighted by Gasteiger charge is -2.39. The van der Waals surface area contributed by atoms with Crippen molar-refractivity contribution >= 4 is 15.8 Å². The average Bonchev–Trinajstić information content (AvgIpc) is 2.93. The lowest BCUT2D eigenvalue weighted by Crippen LogP contribution is -2.48. The number of benzene rings is 3. The van der Waals surface area contributed by atoms with Crippen LogP contribution in [0.25, 0.3) is 0 Å². The van der Waals surface area contributed by atoms with Gasteiger partial charge in [0, 0.05) is 25.7 Å². The molecule has 3 aromatic rings. The molecule has 0 aliphatic carbocycles. The number of rotatable bonds is 8. The van der Waals surface area contributed by atoms with Gasteiger partial charge in [0.25, 0.3) is 0 Å². The quantitative estimate of drug-likeness (QED) is 0.388. The molecule has 1 atom stereocenters. The first-order valence-electron chi connectivity index (χ1n) is 12.9. The molecule has 8 nitrogen and oxygen atoms in total. The molecule has 2 aliphatic heterocycles. The standard InChI is InChI=1S/C29H34N2O6S/c1-21-11-13-24(14-12-21)38(32,33)37-28-10-6-9-27-29(28)36-23(20-35-27)19-30(2)22-15-17-31(18-16-22)25-7-4-5-8-26(25)34-3/h4-14,22-23H,15-20H2,1-3H3. The van der Waals surface area contributed by atoms with E-state index in [4.69, 9.17) is 18.4 Å². The van der Waals surface area contributed by atoms with E-state index in [2.05, 4.69) is 22.9 Å². The van der Waals surface area contributed by atoms with Crippen molar-refractivity contribution in [2.75, 3.05) is 45.3 Å². The summed E-state index contributed by atoms with van der Waals surface area (Å²) in [5.74, 6) is 1.82. The molecule has 0 N–H and O–H groups in total. The number of anilines is 1. The largest absolute Gasteiger partial charge is 0.495 e. The van der Waals surface area contributed by atoms with Gasteiger partial charge in [-0.15, -0.1) is 0 Å². The number of nitrogens with zero attached hydrogens (tertiary/aromatic N) is 2. The van der Waals surface area contributed by atoms with Gasteiger partial charge in [-0.05, 0) is 63.2 Å². The molecular weight excluding hydrogens is 504 g/mol. The molecule has 0 bridgehead atoms. The summed E-state index contributed by atoms with van der Waals surface area (Å²) in [5.41, 5.74) is 2.10. The Balaban J connectivity index is 1.22. The number of hydrogen-bond acceptors (Lipinski definition) is 8. The zero-order valence-corrected chi connectivity index (χ0v) is 22.8. The highest BCUT2D eigenvalue weighted by atomic mass is 32.2. The fourth-order valence-corrected chi connectivity index (χ4v) is 5.98. The third-order valence-electron chi connectivity index (χ3n) is 7.17. The van der Waals surface area contributed by atoms with Crippen LogP contribution >= 0.6 is 0 Å². The van der Waals surface area contributed by atoms with Crippen LogP contribution in [0.1, 0.15) is 18.4 Å². The Bertz CT molecular complexity index is 1350. The monoisotopic (exact) mass is 538 g/mol. The second-order valence-corrected chi connectivity index (χ2v) is 11.4. The van der Waals surface area contributed by atoms with Crippen molar-refractivity contribution in [1.82, 2.24) is 4.90 Å². The number of fused-ring (bicyclic) bond motifs is 1. The fraction of sp³-hybridized carbons (Fsp3) is 0.379. The van der Waals surface area contributed by atoms with Gasteiger partial charge in [0.05, 0.1) is 12.8 Å². The third kappa shape index (κ3) is 5.68. The van der Waals surface area contributed by atoms with Crippen molar-refractivity contribution in [2.45, 2.75) is 36.8 Å². The molecule has 2 aliphatic rings. The van der Waals surface area contributed by atoms with Crippen LogP contribution in [0.15, 0.2) is 71.6 Å². The van der Waals surface area contributed by atoms with Gasteiger partial charge in [0.2, 0.25) is 5.75 Å². The molecule has 0 saturated carbocycles. The van der Waals surface area contributed by atoms with Crippen LogP contribution in [0.5, 0.6) is 23.0 Å². The molecule has 0 spiro atoms. The maximum Gasteiger partial charge on any atom is 0.339 e. The van der Waals surface area contributed by atoms with Crippen LogP contribution < -0.4 is 23.3 Å². The summed E-state index contributed by atoms with van der Waals surface area (Å²) >= 11 is 0. The molecule has 0 amide bonds. The molecule has 202 valence electrons. The minimum Gasteiger partial charge on any atom is -0.495 e. The van der Waals surface area contributed by atoms with Gasteiger partial charge in [-0.1, -0.05) is 35.9 Å². The van der Waals surface area contributed by atoms with Gasteiger partial charge in [-0.2, -0.15) is 8.42 Å². The van der Waals surface area contributed by atoms with E-state index in [1.165, 1.54) is 12.1 Å². The Kier molecular flexibility index (Phi) is 7.67.